The lowest BCUT2D eigenvalue weighted by Gasteiger charge is -2.30. The largest absolute Gasteiger partial charge is 0.356 e. The number of likely N-dealkylation sites (tertiary alicyclic amines) is 2. The predicted molar refractivity (Wildman–Crippen MR) is 120 cm³/mol. The summed E-state index contributed by atoms with van der Waals surface area (Å²) in [5.74, 6) is 2.42. The van der Waals surface area contributed by atoms with E-state index in [0.717, 1.165) is 50.8 Å². The number of hydrogen-bond acceptors (Lipinski definition) is 3. The van der Waals surface area contributed by atoms with E-state index in [4.69, 9.17) is 0 Å². The van der Waals surface area contributed by atoms with Gasteiger partial charge in [0.25, 0.3) is 0 Å². The molecule has 0 spiro atoms. The zero-order chi connectivity index (χ0) is 20.5. The van der Waals surface area contributed by atoms with Crippen molar-refractivity contribution in [1.82, 2.24) is 20.4 Å². The van der Waals surface area contributed by atoms with Crippen molar-refractivity contribution in [3.05, 3.63) is 0 Å². The normalized spacial score (nSPS) is 27.2. The van der Waals surface area contributed by atoms with Gasteiger partial charge in [-0.15, -0.1) is 0 Å². The van der Waals surface area contributed by atoms with Gasteiger partial charge in [-0.2, -0.15) is 0 Å². The molecule has 0 aromatic heterocycles. The van der Waals surface area contributed by atoms with Crippen LogP contribution < -0.4 is 10.6 Å². The summed E-state index contributed by atoms with van der Waals surface area (Å²) in [5, 5.41) is 7.00. The van der Waals surface area contributed by atoms with Crippen LogP contribution in [0.3, 0.4) is 0 Å². The third-order valence-electron chi connectivity index (χ3n) is 6.95. The lowest BCUT2D eigenvalue weighted by molar-refractivity contribution is -0.135. The number of nitrogens with one attached hydrogen (secondary N) is 2. The molecule has 2 heterocycles. The monoisotopic (exact) mass is 405 g/mol. The van der Waals surface area contributed by atoms with E-state index in [2.05, 4.69) is 32.3 Å². The van der Waals surface area contributed by atoms with Crippen LogP contribution in [-0.4, -0.2) is 74.0 Å². The molecule has 0 bridgehead atoms. The molecular weight excluding hydrogens is 362 g/mol. The zero-order valence-corrected chi connectivity index (χ0v) is 18.8. The van der Waals surface area contributed by atoms with Crippen LogP contribution in [0.1, 0.15) is 71.1 Å². The fourth-order valence-corrected chi connectivity index (χ4v) is 5.23. The number of carbonyl (C=O) groups excluding carboxylic acids is 1. The Balaban J connectivity index is 1.29. The van der Waals surface area contributed by atoms with Gasteiger partial charge in [-0.1, -0.05) is 26.2 Å². The Morgan fingerprint density at radius 1 is 1.00 bits per heavy atom. The standard InChI is InChI=1S/C23H43N5O/c1-19-9-8-15-27(17-19)14-7-6-13-25-23(24-2)26-21-12-16-28(18-21)22(29)20-10-4-3-5-11-20/h19-21H,3-18H2,1-2H3,(H2,24,25,26). The summed E-state index contributed by atoms with van der Waals surface area (Å²) >= 11 is 0. The smallest absolute Gasteiger partial charge is 0.225 e. The van der Waals surface area contributed by atoms with E-state index in [1.54, 1.807) is 0 Å². The van der Waals surface area contributed by atoms with Crippen LogP contribution in [0, 0.1) is 11.8 Å². The molecule has 1 amide bonds. The summed E-state index contributed by atoms with van der Waals surface area (Å²) in [4.78, 5) is 21.8. The molecule has 0 aromatic rings. The molecule has 3 aliphatic rings. The van der Waals surface area contributed by atoms with Crippen LogP contribution in [0.15, 0.2) is 4.99 Å². The van der Waals surface area contributed by atoms with E-state index < -0.39 is 0 Å². The third-order valence-corrected chi connectivity index (χ3v) is 6.95. The molecule has 6 heteroatoms. The van der Waals surface area contributed by atoms with Gasteiger partial charge in [-0.3, -0.25) is 9.79 Å². The maximum atomic E-state index is 12.7. The molecule has 166 valence electrons. The fourth-order valence-electron chi connectivity index (χ4n) is 5.23. The summed E-state index contributed by atoms with van der Waals surface area (Å²) in [6.07, 6.45) is 12.1. The van der Waals surface area contributed by atoms with Gasteiger partial charge in [0.1, 0.15) is 0 Å². The van der Waals surface area contributed by atoms with Crippen molar-refractivity contribution in [3.8, 4) is 0 Å². The Hall–Kier alpha value is -1.30. The van der Waals surface area contributed by atoms with Crippen molar-refractivity contribution in [2.45, 2.75) is 77.2 Å². The van der Waals surface area contributed by atoms with Gasteiger partial charge >= 0.3 is 0 Å². The molecule has 1 saturated carbocycles. The highest BCUT2D eigenvalue weighted by Gasteiger charge is 2.31. The Labute approximate surface area is 177 Å². The van der Waals surface area contributed by atoms with Crippen molar-refractivity contribution in [2.75, 3.05) is 46.3 Å². The van der Waals surface area contributed by atoms with Crippen molar-refractivity contribution in [3.63, 3.8) is 0 Å². The molecule has 3 fully saturated rings. The van der Waals surface area contributed by atoms with Gasteiger partial charge < -0.3 is 20.4 Å². The van der Waals surface area contributed by atoms with Crippen LogP contribution in [0.2, 0.25) is 0 Å². The second-order valence-corrected chi connectivity index (χ2v) is 9.50. The highest BCUT2D eigenvalue weighted by molar-refractivity contribution is 5.81. The lowest BCUT2D eigenvalue weighted by Crippen LogP contribution is -2.45. The second kappa shape index (κ2) is 11.8. The van der Waals surface area contributed by atoms with Gasteiger partial charge in [0, 0.05) is 45.2 Å². The number of rotatable bonds is 7. The molecule has 0 radical (unpaired) electrons. The van der Waals surface area contributed by atoms with E-state index in [-0.39, 0.29) is 5.92 Å². The zero-order valence-electron chi connectivity index (χ0n) is 18.8. The molecule has 2 atom stereocenters. The molecule has 0 aromatic carbocycles. The van der Waals surface area contributed by atoms with Crippen molar-refractivity contribution in [1.29, 1.82) is 0 Å². The van der Waals surface area contributed by atoms with Gasteiger partial charge in [0.05, 0.1) is 0 Å². The Kier molecular flexibility index (Phi) is 9.09. The van der Waals surface area contributed by atoms with Crippen LogP contribution in [0.5, 0.6) is 0 Å². The molecule has 2 aliphatic heterocycles. The highest BCUT2D eigenvalue weighted by Crippen LogP contribution is 2.26. The van der Waals surface area contributed by atoms with E-state index in [1.807, 2.05) is 7.05 Å². The molecule has 6 nitrogen and oxygen atoms in total. The minimum absolute atomic E-state index is 0.280. The minimum atomic E-state index is 0.280. The number of unbranched alkanes of at least 4 members (excludes halogenated alkanes) is 1. The number of aliphatic imine (C=N–C) groups is 1. The Bertz CT molecular complexity index is 531. The van der Waals surface area contributed by atoms with Gasteiger partial charge in [0.2, 0.25) is 5.91 Å². The van der Waals surface area contributed by atoms with Gasteiger partial charge in [0.15, 0.2) is 5.96 Å². The molecular formula is C23H43N5O. The Morgan fingerprint density at radius 3 is 2.59 bits per heavy atom. The number of carbonyl (C=O) groups is 1. The topological polar surface area (TPSA) is 60.0 Å². The van der Waals surface area contributed by atoms with Crippen molar-refractivity contribution >= 4 is 11.9 Å². The summed E-state index contributed by atoms with van der Waals surface area (Å²) in [6, 6.07) is 0.323. The quantitative estimate of drug-likeness (QED) is 0.388. The number of hydrogen-bond donors (Lipinski definition) is 2. The van der Waals surface area contributed by atoms with Crippen LogP contribution in [0.25, 0.3) is 0 Å². The van der Waals surface area contributed by atoms with Gasteiger partial charge in [-0.25, -0.2) is 0 Å². The van der Waals surface area contributed by atoms with Crippen LogP contribution in [-0.2, 0) is 4.79 Å². The summed E-state index contributed by atoms with van der Waals surface area (Å²) in [7, 11) is 1.84. The van der Waals surface area contributed by atoms with Gasteiger partial charge in [-0.05, 0) is 64.0 Å². The van der Waals surface area contributed by atoms with Crippen LogP contribution in [0.4, 0.5) is 0 Å². The molecule has 2 saturated heterocycles. The number of nitrogens with zero attached hydrogens (tertiary/aromatic N) is 3. The van der Waals surface area contributed by atoms with E-state index in [1.165, 1.54) is 64.6 Å². The first-order chi connectivity index (χ1) is 14.2. The molecule has 29 heavy (non-hydrogen) atoms. The van der Waals surface area contributed by atoms with Crippen molar-refractivity contribution < 1.29 is 4.79 Å². The number of piperidine rings is 1. The molecule has 2 unspecified atom stereocenters. The fraction of sp³-hybridized carbons (Fsp3) is 0.913. The van der Waals surface area contributed by atoms with Crippen molar-refractivity contribution in [2.24, 2.45) is 16.8 Å². The first-order valence-corrected chi connectivity index (χ1v) is 12.1. The average molecular weight is 406 g/mol. The van der Waals surface area contributed by atoms with E-state index >= 15 is 0 Å². The second-order valence-electron chi connectivity index (χ2n) is 9.50. The van der Waals surface area contributed by atoms with Crippen LogP contribution >= 0.6 is 0 Å². The summed E-state index contributed by atoms with van der Waals surface area (Å²) < 4.78 is 0. The first-order valence-electron chi connectivity index (χ1n) is 12.1. The third kappa shape index (κ3) is 7.16. The molecule has 2 N–H and O–H groups in total. The summed E-state index contributed by atoms with van der Waals surface area (Å²) in [6.45, 7) is 8.81. The van der Waals surface area contributed by atoms with E-state index in [9.17, 15) is 4.79 Å². The average Bonchev–Trinajstić information content (AvgIpc) is 3.21. The highest BCUT2D eigenvalue weighted by atomic mass is 16.2. The maximum absolute atomic E-state index is 12.7. The SMILES string of the molecule is CN=C(NCCCCN1CCCC(C)C1)NC1CCN(C(=O)C2CCCCC2)C1. The Morgan fingerprint density at radius 2 is 1.83 bits per heavy atom. The minimum Gasteiger partial charge on any atom is -0.356 e. The first kappa shape index (κ1) is 22.4. The molecule has 3 rings (SSSR count). The summed E-state index contributed by atoms with van der Waals surface area (Å²) in [5.41, 5.74) is 0. The number of guanidine groups is 1. The van der Waals surface area contributed by atoms with E-state index in [0.29, 0.717) is 11.9 Å². The lowest BCUT2D eigenvalue weighted by atomic mass is 9.88. The maximum Gasteiger partial charge on any atom is 0.225 e. The number of amides is 1. The predicted octanol–water partition coefficient (Wildman–Crippen LogP) is 2.84. The molecule has 1 aliphatic carbocycles.